The summed E-state index contributed by atoms with van der Waals surface area (Å²) in [4.78, 5) is 36.2. The molecule has 0 unspecified atom stereocenters. The van der Waals surface area contributed by atoms with Crippen LogP contribution in [-0.4, -0.2) is 61.5 Å². The highest BCUT2D eigenvalue weighted by Gasteiger charge is 2.23. The van der Waals surface area contributed by atoms with E-state index in [-0.39, 0.29) is 12.1 Å². The molecule has 0 aromatic heterocycles. The van der Waals surface area contributed by atoms with Gasteiger partial charge in [-0.25, -0.2) is 4.18 Å². The van der Waals surface area contributed by atoms with Crippen molar-refractivity contribution in [3.05, 3.63) is 35.4 Å². The molecular weight excluding hydrogens is 392 g/mol. The lowest BCUT2D eigenvalue weighted by atomic mass is 10.1. The third-order valence-corrected chi connectivity index (χ3v) is 3.68. The van der Waals surface area contributed by atoms with Crippen molar-refractivity contribution in [1.82, 2.24) is 10.2 Å². The summed E-state index contributed by atoms with van der Waals surface area (Å²) < 4.78 is 39.4. The molecule has 28 heavy (non-hydrogen) atoms. The molecule has 0 aliphatic carbocycles. The lowest BCUT2D eigenvalue weighted by molar-refractivity contribution is -0.155. The van der Waals surface area contributed by atoms with E-state index in [1.165, 1.54) is 12.1 Å². The van der Waals surface area contributed by atoms with E-state index in [1.807, 2.05) is 0 Å². The second-order valence-corrected chi connectivity index (χ2v) is 7.85. The van der Waals surface area contributed by atoms with E-state index >= 15 is 0 Å². The molecule has 0 atom stereocenters. The molecule has 0 heterocycles. The van der Waals surface area contributed by atoms with Crippen molar-refractivity contribution in [1.29, 1.82) is 0 Å². The van der Waals surface area contributed by atoms with Gasteiger partial charge in [0.2, 0.25) is 6.41 Å². The third-order valence-electron chi connectivity index (χ3n) is 3.21. The van der Waals surface area contributed by atoms with Crippen LogP contribution >= 0.6 is 0 Å². The Morgan fingerprint density at radius 2 is 1.82 bits per heavy atom. The van der Waals surface area contributed by atoms with Crippen molar-refractivity contribution < 1.29 is 36.3 Å². The summed E-state index contributed by atoms with van der Waals surface area (Å²) in [5.74, 6) is -1.24. The summed E-state index contributed by atoms with van der Waals surface area (Å²) in [5.41, 5.74) is 0.242. The number of nitrogens with one attached hydrogen (secondary N) is 1. The van der Waals surface area contributed by atoms with Gasteiger partial charge in [0.1, 0.15) is 12.1 Å². The normalized spacial score (nSPS) is 11.6. The molecule has 11 heteroatoms. The van der Waals surface area contributed by atoms with Gasteiger partial charge in [0.15, 0.2) is 0 Å². The molecule has 0 radical (unpaired) electrons. The minimum absolute atomic E-state index is 0.241. The molecule has 0 bridgehead atoms. The van der Waals surface area contributed by atoms with E-state index in [0.29, 0.717) is 13.0 Å². The topological polar surface area (TPSA) is 139 Å². The molecule has 0 spiro atoms. The number of carbonyl (C=O) groups excluding carboxylic acids is 3. The Labute approximate surface area is 163 Å². The van der Waals surface area contributed by atoms with Gasteiger partial charge < -0.3 is 15.0 Å². The van der Waals surface area contributed by atoms with E-state index in [0.717, 1.165) is 10.5 Å². The summed E-state index contributed by atoms with van der Waals surface area (Å²) in [6, 6.07) is 6.28. The van der Waals surface area contributed by atoms with Gasteiger partial charge in [0.05, 0.1) is 6.61 Å². The summed E-state index contributed by atoms with van der Waals surface area (Å²) in [6.45, 7) is 4.07. The van der Waals surface area contributed by atoms with Gasteiger partial charge in [-0.15, -0.1) is 0 Å². The Kier molecular flexibility index (Phi) is 8.54. The van der Waals surface area contributed by atoms with Crippen LogP contribution in [0, 0.1) is 0 Å². The van der Waals surface area contributed by atoms with Gasteiger partial charge in [-0.3, -0.25) is 18.9 Å². The van der Waals surface area contributed by atoms with Crippen LogP contribution in [0.3, 0.4) is 0 Å². The first kappa shape index (κ1) is 23.5. The van der Waals surface area contributed by atoms with Crippen LogP contribution in [0.2, 0.25) is 0 Å². The summed E-state index contributed by atoms with van der Waals surface area (Å²) in [7, 11) is -4.67. The molecular formula is C17H24N2O8S. The number of rotatable bonds is 10. The van der Waals surface area contributed by atoms with E-state index < -0.39 is 41.0 Å². The fourth-order valence-corrected chi connectivity index (χ4v) is 2.43. The summed E-state index contributed by atoms with van der Waals surface area (Å²) in [5, 5.41) is 2.49. The molecule has 2 N–H and O–H groups in total. The second-order valence-electron chi connectivity index (χ2n) is 6.76. The molecule has 156 valence electrons. The third kappa shape index (κ3) is 9.44. The molecule has 0 aliphatic heterocycles. The quantitative estimate of drug-likeness (QED) is 0.320. The summed E-state index contributed by atoms with van der Waals surface area (Å²) >= 11 is 0. The number of hydrogen-bond donors (Lipinski definition) is 2. The van der Waals surface area contributed by atoms with Crippen molar-refractivity contribution in [3.8, 4) is 0 Å². The Hall–Kier alpha value is -2.50. The van der Waals surface area contributed by atoms with Crippen molar-refractivity contribution in [2.45, 2.75) is 32.9 Å². The maximum absolute atomic E-state index is 12.7. The van der Waals surface area contributed by atoms with Crippen LogP contribution in [0.5, 0.6) is 0 Å². The Morgan fingerprint density at radius 1 is 1.21 bits per heavy atom. The maximum Gasteiger partial charge on any atom is 0.397 e. The molecule has 2 amide bonds. The van der Waals surface area contributed by atoms with E-state index in [4.69, 9.17) is 9.29 Å². The van der Waals surface area contributed by atoms with Crippen molar-refractivity contribution in [2.24, 2.45) is 0 Å². The average Bonchev–Trinajstić information content (AvgIpc) is 2.56. The molecule has 1 rings (SSSR count). The van der Waals surface area contributed by atoms with Crippen molar-refractivity contribution >= 4 is 28.7 Å². The van der Waals surface area contributed by atoms with Crippen LogP contribution in [0.1, 0.15) is 36.7 Å². The van der Waals surface area contributed by atoms with E-state index in [1.54, 1.807) is 32.9 Å². The molecule has 0 fully saturated rings. The Morgan fingerprint density at radius 3 is 2.32 bits per heavy atom. The Bertz CT molecular complexity index is 784. The van der Waals surface area contributed by atoms with Gasteiger partial charge in [-0.05, 0) is 38.5 Å². The van der Waals surface area contributed by atoms with E-state index in [9.17, 15) is 22.8 Å². The van der Waals surface area contributed by atoms with Crippen LogP contribution in [-0.2, 0) is 35.5 Å². The number of esters is 1. The smallest absolute Gasteiger partial charge is 0.397 e. The minimum atomic E-state index is -4.67. The zero-order valence-electron chi connectivity index (χ0n) is 15.9. The van der Waals surface area contributed by atoms with Crippen molar-refractivity contribution in [3.63, 3.8) is 0 Å². The number of nitrogens with zero attached hydrogens (tertiary/aromatic N) is 1. The molecule has 0 aliphatic rings. The zero-order valence-corrected chi connectivity index (χ0v) is 16.7. The maximum atomic E-state index is 12.7. The highest BCUT2D eigenvalue weighted by Crippen LogP contribution is 2.11. The zero-order chi connectivity index (χ0) is 21.4. The predicted molar refractivity (Wildman–Crippen MR) is 98.6 cm³/mol. The van der Waals surface area contributed by atoms with Gasteiger partial charge >= 0.3 is 16.4 Å². The van der Waals surface area contributed by atoms with Gasteiger partial charge in [0.25, 0.3) is 5.91 Å². The number of hydrogen-bond acceptors (Lipinski definition) is 7. The van der Waals surface area contributed by atoms with Crippen LogP contribution in [0.25, 0.3) is 0 Å². The number of benzene rings is 1. The lowest BCUT2D eigenvalue weighted by Gasteiger charge is -2.25. The first-order valence-electron chi connectivity index (χ1n) is 8.30. The number of carbonyl (C=O) groups is 3. The summed E-state index contributed by atoms with van der Waals surface area (Å²) in [6.07, 6.45) is 0.552. The monoisotopic (exact) mass is 416 g/mol. The minimum Gasteiger partial charge on any atom is -0.459 e. The molecule has 1 aromatic carbocycles. The van der Waals surface area contributed by atoms with Crippen LogP contribution < -0.4 is 5.32 Å². The number of ether oxygens (including phenoxy) is 1. The number of amides is 2. The second kappa shape index (κ2) is 10.2. The van der Waals surface area contributed by atoms with Gasteiger partial charge in [-0.1, -0.05) is 12.1 Å². The highest BCUT2D eigenvalue weighted by atomic mass is 32.3. The fraction of sp³-hybridized carbons (Fsp3) is 0.471. The first-order valence-corrected chi connectivity index (χ1v) is 9.67. The lowest BCUT2D eigenvalue weighted by Crippen LogP contribution is -2.40. The van der Waals surface area contributed by atoms with Crippen LogP contribution in [0.4, 0.5) is 0 Å². The largest absolute Gasteiger partial charge is 0.459 e. The Balaban J connectivity index is 2.89. The molecule has 10 nitrogen and oxygen atoms in total. The fourth-order valence-electron chi connectivity index (χ4n) is 2.14. The van der Waals surface area contributed by atoms with Crippen LogP contribution in [0.15, 0.2) is 24.3 Å². The standard InChI is InChI=1S/C17H24N2O8S/c1-17(2,3)27-15(21)11-19(8-9-26-28(23,24)25)16(22)14-6-4-13(5-7-14)10-18-12-20/h4-7,12H,8-11H2,1-3H3,(H,18,20)(H,23,24,25). The van der Waals surface area contributed by atoms with Gasteiger partial charge in [-0.2, -0.15) is 8.42 Å². The molecule has 0 saturated heterocycles. The predicted octanol–water partition coefficient (Wildman–Crippen LogP) is 0.536. The van der Waals surface area contributed by atoms with E-state index in [2.05, 4.69) is 9.50 Å². The highest BCUT2D eigenvalue weighted by molar-refractivity contribution is 7.80. The molecule has 1 aromatic rings. The van der Waals surface area contributed by atoms with Crippen molar-refractivity contribution in [2.75, 3.05) is 19.7 Å². The molecule has 0 saturated carbocycles. The van der Waals surface area contributed by atoms with Gasteiger partial charge in [0, 0.05) is 18.7 Å². The SMILES string of the molecule is CC(C)(C)OC(=O)CN(CCOS(=O)(=O)O)C(=O)c1ccc(CNC=O)cc1. The average molecular weight is 416 g/mol. The first-order chi connectivity index (χ1) is 12.9.